The normalized spacial score (nSPS) is 10.9. The summed E-state index contributed by atoms with van der Waals surface area (Å²) in [6, 6.07) is 8.46. The topological polar surface area (TPSA) is 80.6 Å². The quantitative estimate of drug-likeness (QED) is 0.755. The Morgan fingerprint density at radius 1 is 1.28 bits per heavy atom. The highest BCUT2D eigenvalue weighted by Gasteiger charge is 2.14. The third kappa shape index (κ3) is 1.64. The number of hydrogen-bond donors (Lipinski definition) is 1. The zero-order chi connectivity index (χ0) is 12.5. The lowest BCUT2D eigenvalue weighted by atomic mass is 10.3. The number of aromatic nitrogens is 3. The van der Waals surface area contributed by atoms with Gasteiger partial charge in [0.2, 0.25) is 0 Å². The van der Waals surface area contributed by atoms with Gasteiger partial charge in [-0.3, -0.25) is 4.40 Å². The smallest absolute Gasteiger partial charge is 0.352 e. The maximum atomic E-state index is 11.2. The van der Waals surface area contributed by atoms with E-state index in [1.54, 1.807) is 24.5 Å². The second-order valence-corrected chi connectivity index (χ2v) is 3.78. The fraction of sp³-hybridized carbons (Fsp3) is 0.0833. The van der Waals surface area contributed by atoms with Crippen molar-refractivity contribution in [3.8, 4) is 0 Å². The van der Waals surface area contributed by atoms with Crippen molar-refractivity contribution in [3.05, 3.63) is 53.9 Å². The Hall–Kier alpha value is -2.63. The van der Waals surface area contributed by atoms with Crippen LogP contribution in [0.2, 0.25) is 0 Å². The number of carboxylic acid groups (broad SMARTS) is 1. The highest BCUT2D eigenvalue weighted by Crippen LogP contribution is 2.13. The Labute approximate surface area is 101 Å². The molecule has 0 spiro atoms. The first-order valence-electron chi connectivity index (χ1n) is 5.34. The molecule has 0 atom stereocenters. The van der Waals surface area contributed by atoms with E-state index in [1.807, 2.05) is 6.07 Å². The molecule has 0 saturated heterocycles. The molecule has 3 aromatic rings. The largest absolute Gasteiger partial charge is 0.477 e. The minimum absolute atomic E-state index is 0.138. The molecule has 0 amide bonds. The van der Waals surface area contributed by atoms with Gasteiger partial charge in [-0.1, -0.05) is 6.07 Å². The highest BCUT2D eigenvalue weighted by molar-refractivity contribution is 5.86. The summed E-state index contributed by atoms with van der Waals surface area (Å²) in [4.78, 5) is 11.2. The average molecular weight is 243 g/mol. The van der Waals surface area contributed by atoms with E-state index in [9.17, 15) is 4.79 Å². The van der Waals surface area contributed by atoms with E-state index in [1.165, 1.54) is 10.5 Å². The summed E-state index contributed by atoms with van der Waals surface area (Å²) in [6.45, 7) is 0. The van der Waals surface area contributed by atoms with Gasteiger partial charge in [-0.15, -0.1) is 10.2 Å². The van der Waals surface area contributed by atoms with Crippen molar-refractivity contribution < 1.29 is 14.3 Å². The van der Waals surface area contributed by atoms with Crippen molar-refractivity contribution in [2.75, 3.05) is 0 Å². The van der Waals surface area contributed by atoms with E-state index >= 15 is 0 Å². The molecule has 1 N–H and O–H groups in total. The molecule has 0 aliphatic heterocycles. The predicted octanol–water partition coefficient (Wildman–Crippen LogP) is 1.61. The van der Waals surface area contributed by atoms with Crippen molar-refractivity contribution in [2.45, 2.75) is 6.42 Å². The number of fused-ring (bicyclic) bond motifs is 1. The van der Waals surface area contributed by atoms with E-state index in [0.717, 1.165) is 0 Å². The Bertz CT molecular complexity index is 701. The zero-order valence-electron chi connectivity index (χ0n) is 9.28. The molecule has 0 bridgehead atoms. The van der Waals surface area contributed by atoms with Gasteiger partial charge < -0.3 is 9.52 Å². The van der Waals surface area contributed by atoms with Crippen LogP contribution in [0.25, 0.3) is 5.65 Å². The number of pyridine rings is 1. The van der Waals surface area contributed by atoms with Gasteiger partial charge in [0, 0.05) is 0 Å². The van der Waals surface area contributed by atoms with E-state index in [0.29, 0.717) is 23.7 Å². The second kappa shape index (κ2) is 3.99. The van der Waals surface area contributed by atoms with Crippen LogP contribution in [0, 0.1) is 0 Å². The molecule has 3 rings (SSSR count). The molecule has 0 saturated carbocycles. The van der Waals surface area contributed by atoms with Crippen LogP contribution in [0.15, 0.2) is 41.0 Å². The Morgan fingerprint density at radius 2 is 2.17 bits per heavy atom. The first-order valence-corrected chi connectivity index (χ1v) is 5.34. The SMILES string of the molecule is O=C(O)c1cccc2nnc(Cc3ccco3)n12. The number of carboxylic acids is 1. The van der Waals surface area contributed by atoms with Gasteiger partial charge in [-0.25, -0.2) is 4.79 Å². The summed E-state index contributed by atoms with van der Waals surface area (Å²) in [5, 5.41) is 17.1. The molecule has 18 heavy (non-hydrogen) atoms. The van der Waals surface area contributed by atoms with Crippen molar-refractivity contribution in [1.29, 1.82) is 0 Å². The van der Waals surface area contributed by atoms with Crippen LogP contribution in [-0.4, -0.2) is 25.7 Å². The predicted molar refractivity (Wildman–Crippen MR) is 61.5 cm³/mol. The van der Waals surface area contributed by atoms with E-state index in [-0.39, 0.29) is 5.69 Å². The molecule has 0 fully saturated rings. The van der Waals surface area contributed by atoms with Gasteiger partial charge in [-0.05, 0) is 24.3 Å². The highest BCUT2D eigenvalue weighted by atomic mass is 16.4. The van der Waals surface area contributed by atoms with E-state index in [2.05, 4.69) is 10.2 Å². The maximum absolute atomic E-state index is 11.2. The first kappa shape index (κ1) is 10.5. The Kier molecular flexibility index (Phi) is 2.33. The second-order valence-electron chi connectivity index (χ2n) is 3.78. The van der Waals surface area contributed by atoms with Gasteiger partial charge in [-0.2, -0.15) is 0 Å². The van der Waals surface area contributed by atoms with Gasteiger partial charge >= 0.3 is 5.97 Å². The summed E-state index contributed by atoms with van der Waals surface area (Å²) in [6.07, 6.45) is 1.97. The molecule has 0 aliphatic rings. The number of furan rings is 1. The summed E-state index contributed by atoms with van der Waals surface area (Å²) in [5.74, 6) is 0.239. The fourth-order valence-corrected chi connectivity index (χ4v) is 1.85. The van der Waals surface area contributed by atoms with Crippen molar-refractivity contribution in [3.63, 3.8) is 0 Å². The van der Waals surface area contributed by atoms with Crippen molar-refractivity contribution in [2.24, 2.45) is 0 Å². The third-order valence-electron chi connectivity index (χ3n) is 2.63. The minimum Gasteiger partial charge on any atom is -0.477 e. The molecule has 6 heteroatoms. The standard InChI is InChI=1S/C12H9N3O3/c16-12(17)9-4-1-5-10-13-14-11(15(9)10)7-8-3-2-6-18-8/h1-6H,7H2,(H,16,17). The molecule has 0 unspecified atom stereocenters. The molecule has 0 aliphatic carbocycles. The number of aromatic carboxylic acids is 1. The summed E-state index contributed by atoms with van der Waals surface area (Å²) in [5.41, 5.74) is 0.649. The van der Waals surface area contributed by atoms with Gasteiger partial charge in [0.25, 0.3) is 0 Å². The van der Waals surface area contributed by atoms with Crippen LogP contribution in [0.1, 0.15) is 22.1 Å². The molecule has 0 aromatic carbocycles. The van der Waals surface area contributed by atoms with Crippen LogP contribution in [-0.2, 0) is 6.42 Å². The lowest BCUT2D eigenvalue weighted by Gasteiger charge is -2.02. The third-order valence-corrected chi connectivity index (χ3v) is 2.63. The monoisotopic (exact) mass is 243 g/mol. The van der Waals surface area contributed by atoms with Crippen LogP contribution < -0.4 is 0 Å². The van der Waals surface area contributed by atoms with Gasteiger partial charge in [0.15, 0.2) is 5.65 Å². The summed E-state index contributed by atoms with van der Waals surface area (Å²) < 4.78 is 6.75. The van der Waals surface area contributed by atoms with E-state index in [4.69, 9.17) is 9.52 Å². The Morgan fingerprint density at radius 3 is 2.89 bits per heavy atom. The van der Waals surface area contributed by atoms with Crippen LogP contribution >= 0.6 is 0 Å². The zero-order valence-corrected chi connectivity index (χ0v) is 9.28. The first-order chi connectivity index (χ1) is 8.75. The lowest BCUT2D eigenvalue weighted by molar-refractivity contribution is 0.0688. The molecule has 3 heterocycles. The maximum Gasteiger partial charge on any atom is 0.352 e. The van der Waals surface area contributed by atoms with Crippen LogP contribution in [0.5, 0.6) is 0 Å². The van der Waals surface area contributed by atoms with Crippen molar-refractivity contribution in [1.82, 2.24) is 14.6 Å². The number of rotatable bonds is 3. The molecule has 90 valence electrons. The number of nitrogens with zero attached hydrogens (tertiary/aromatic N) is 3. The van der Waals surface area contributed by atoms with E-state index < -0.39 is 5.97 Å². The molecular weight excluding hydrogens is 234 g/mol. The Balaban J connectivity index is 2.15. The lowest BCUT2D eigenvalue weighted by Crippen LogP contribution is -2.07. The van der Waals surface area contributed by atoms with Crippen LogP contribution in [0.4, 0.5) is 0 Å². The van der Waals surface area contributed by atoms with Gasteiger partial charge in [0.1, 0.15) is 17.3 Å². The minimum atomic E-state index is -1.01. The average Bonchev–Trinajstić information content (AvgIpc) is 2.99. The van der Waals surface area contributed by atoms with Gasteiger partial charge in [0.05, 0.1) is 12.7 Å². The molecule has 0 radical (unpaired) electrons. The summed E-state index contributed by atoms with van der Waals surface area (Å²) in [7, 11) is 0. The van der Waals surface area contributed by atoms with Crippen LogP contribution in [0.3, 0.4) is 0 Å². The number of hydrogen-bond acceptors (Lipinski definition) is 4. The molecule has 6 nitrogen and oxygen atoms in total. The molecule has 3 aromatic heterocycles. The fourth-order valence-electron chi connectivity index (χ4n) is 1.85. The number of carbonyl (C=O) groups is 1. The summed E-state index contributed by atoms with van der Waals surface area (Å²) >= 11 is 0. The molecular formula is C12H9N3O3. The van der Waals surface area contributed by atoms with Crippen molar-refractivity contribution >= 4 is 11.6 Å².